The number of carbonyl (C=O) groups is 2. The van der Waals surface area contributed by atoms with Gasteiger partial charge in [-0.05, 0) is 42.4 Å². The first kappa shape index (κ1) is 33.9. The number of pyridine rings is 2. The predicted octanol–water partition coefficient (Wildman–Crippen LogP) is 4.69. The second-order valence-corrected chi connectivity index (χ2v) is 9.43. The lowest BCUT2D eigenvalue weighted by Crippen LogP contribution is -2.46. The molecule has 3 aromatic heterocycles. The zero-order valence-corrected chi connectivity index (χ0v) is 22.8. The van der Waals surface area contributed by atoms with E-state index in [1.165, 1.54) is 17.7 Å². The van der Waals surface area contributed by atoms with Gasteiger partial charge in [0.25, 0.3) is 0 Å². The van der Waals surface area contributed by atoms with Crippen molar-refractivity contribution in [3.63, 3.8) is 0 Å². The van der Waals surface area contributed by atoms with Crippen molar-refractivity contribution >= 4 is 17.5 Å². The maximum absolute atomic E-state index is 13.6. The highest BCUT2D eigenvalue weighted by Crippen LogP contribution is 2.28. The Morgan fingerprint density at radius 2 is 1.59 bits per heavy atom. The summed E-state index contributed by atoms with van der Waals surface area (Å²) >= 11 is 0. The molecule has 1 unspecified atom stereocenters. The summed E-state index contributed by atoms with van der Waals surface area (Å²) in [6, 6.07) is 14.9. The van der Waals surface area contributed by atoms with Gasteiger partial charge in [-0.3, -0.25) is 14.8 Å². The van der Waals surface area contributed by atoms with Gasteiger partial charge in [-0.1, -0.05) is 29.5 Å². The second-order valence-electron chi connectivity index (χ2n) is 9.43. The smallest absolute Gasteiger partial charge is 0.475 e. The van der Waals surface area contributed by atoms with E-state index >= 15 is 0 Å². The number of alkyl halides is 6. The number of hydrogen-bond donors (Lipinski definition) is 2. The summed E-state index contributed by atoms with van der Waals surface area (Å²) in [6.45, 7) is 3.72. The number of carboxylic acid groups (broad SMARTS) is 2. The first-order valence-electron chi connectivity index (χ1n) is 12.6. The lowest BCUT2D eigenvalue weighted by molar-refractivity contribution is -0.193. The Bertz CT molecular complexity index is 1540. The van der Waals surface area contributed by atoms with Crippen LogP contribution in [-0.2, 0) is 16.1 Å². The molecule has 4 aromatic rings. The Kier molecular flexibility index (Phi) is 10.9. The van der Waals surface area contributed by atoms with E-state index in [1.54, 1.807) is 16.8 Å². The molecule has 5 rings (SSSR count). The first-order valence-corrected chi connectivity index (χ1v) is 12.6. The third-order valence-electron chi connectivity index (χ3n) is 6.26. The van der Waals surface area contributed by atoms with Crippen molar-refractivity contribution in [3.05, 3.63) is 84.2 Å². The molecule has 0 spiro atoms. The average molecular weight is 631 g/mol. The Balaban J connectivity index is 0.000000317. The standard InChI is InChI=1S/C23H23FN6.2C2HF3O2/c1-28-10-11-29(14-17-4-3-9-25-13-17)16-22(28)23-21-8-7-19(15-30(21)27-26-23)18-5-2-6-20(24)12-18;2*3-2(4,5)1(6)7/h2-9,12-13,15,22H,10-11,14,16H2,1H3;2*(H,6,7). The van der Waals surface area contributed by atoms with Crippen LogP contribution in [0.25, 0.3) is 16.6 Å². The Morgan fingerprint density at radius 1 is 0.932 bits per heavy atom. The molecular weight excluding hydrogens is 605 g/mol. The molecule has 0 radical (unpaired) electrons. The number of nitrogens with zero attached hydrogens (tertiary/aromatic N) is 6. The highest BCUT2D eigenvalue weighted by Gasteiger charge is 2.39. The minimum absolute atomic E-state index is 0.160. The molecule has 10 nitrogen and oxygen atoms in total. The SMILES string of the molecule is CN1CCN(Cc2cccnc2)CC1c1nnn2cc(-c3cccc(F)c3)ccc12.O=C(O)C(F)(F)F.O=C(O)C(F)(F)F. The number of carboxylic acids is 2. The van der Waals surface area contributed by atoms with E-state index < -0.39 is 24.3 Å². The van der Waals surface area contributed by atoms with Crippen molar-refractivity contribution in [1.82, 2.24) is 29.6 Å². The van der Waals surface area contributed by atoms with Crippen LogP contribution < -0.4 is 0 Å². The maximum Gasteiger partial charge on any atom is 0.490 e. The van der Waals surface area contributed by atoms with Gasteiger partial charge in [0, 0.05) is 50.3 Å². The van der Waals surface area contributed by atoms with E-state index in [1.807, 2.05) is 36.7 Å². The van der Waals surface area contributed by atoms with Gasteiger partial charge in [0.05, 0.1) is 11.6 Å². The number of aromatic nitrogens is 4. The number of aliphatic carboxylic acids is 2. The third-order valence-corrected chi connectivity index (χ3v) is 6.26. The maximum atomic E-state index is 13.6. The number of piperazine rings is 1. The van der Waals surface area contributed by atoms with Crippen LogP contribution in [0.15, 0.2) is 67.1 Å². The van der Waals surface area contributed by atoms with Crippen molar-refractivity contribution in [2.75, 3.05) is 26.7 Å². The quantitative estimate of drug-likeness (QED) is 0.309. The Morgan fingerprint density at radius 3 is 2.16 bits per heavy atom. The third kappa shape index (κ3) is 9.43. The summed E-state index contributed by atoms with van der Waals surface area (Å²) in [7, 11) is 2.14. The molecular formula is C27H25F7N6O4. The van der Waals surface area contributed by atoms with Gasteiger partial charge in [0.15, 0.2) is 0 Å². The minimum Gasteiger partial charge on any atom is -0.475 e. The van der Waals surface area contributed by atoms with Gasteiger partial charge >= 0.3 is 24.3 Å². The van der Waals surface area contributed by atoms with E-state index in [0.717, 1.165) is 48.5 Å². The molecule has 236 valence electrons. The average Bonchev–Trinajstić information content (AvgIpc) is 3.37. The van der Waals surface area contributed by atoms with Crippen molar-refractivity contribution < 1.29 is 50.5 Å². The molecule has 1 fully saturated rings. The summed E-state index contributed by atoms with van der Waals surface area (Å²) in [5.41, 5.74) is 4.91. The number of fused-ring (bicyclic) bond motifs is 1. The molecule has 0 saturated carbocycles. The van der Waals surface area contributed by atoms with Crippen LogP contribution in [0.1, 0.15) is 17.3 Å². The van der Waals surface area contributed by atoms with Gasteiger partial charge in [-0.25, -0.2) is 18.5 Å². The molecule has 1 atom stereocenters. The van der Waals surface area contributed by atoms with E-state index in [2.05, 4.69) is 38.2 Å². The fraction of sp³-hybridized carbons (Fsp3) is 0.296. The molecule has 2 N–H and O–H groups in total. The van der Waals surface area contributed by atoms with Crippen molar-refractivity contribution in [1.29, 1.82) is 0 Å². The highest BCUT2D eigenvalue weighted by atomic mass is 19.4. The number of halogens is 7. The van der Waals surface area contributed by atoms with Crippen LogP contribution in [0.3, 0.4) is 0 Å². The van der Waals surface area contributed by atoms with Crippen LogP contribution in [0, 0.1) is 5.82 Å². The normalized spacial score (nSPS) is 16.0. The number of benzene rings is 1. The minimum atomic E-state index is -5.08. The second kappa shape index (κ2) is 14.2. The largest absolute Gasteiger partial charge is 0.490 e. The molecule has 1 saturated heterocycles. The van der Waals surface area contributed by atoms with Gasteiger partial charge in [-0.2, -0.15) is 26.3 Å². The molecule has 4 heterocycles. The summed E-state index contributed by atoms with van der Waals surface area (Å²) < 4.78 is 78.9. The first-order chi connectivity index (χ1) is 20.6. The molecule has 44 heavy (non-hydrogen) atoms. The Hall–Kier alpha value is -4.64. The monoisotopic (exact) mass is 630 g/mol. The predicted molar refractivity (Wildman–Crippen MR) is 141 cm³/mol. The van der Waals surface area contributed by atoms with E-state index in [-0.39, 0.29) is 11.9 Å². The van der Waals surface area contributed by atoms with E-state index in [0.29, 0.717) is 0 Å². The Labute approximate surface area is 245 Å². The van der Waals surface area contributed by atoms with Crippen LogP contribution in [0.5, 0.6) is 0 Å². The van der Waals surface area contributed by atoms with Gasteiger partial charge in [-0.15, -0.1) is 5.10 Å². The summed E-state index contributed by atoms with van der Waals surface area (Å²) in [5.74, 6) is -5.76. The van der Waals surface area contributed by atoms with Crippen molar-refractivity contribution in [3.8, 4) is 11.1 Å². The van der Waals surface area contributed by atoms with Gasteiger partial charge in [0.1, 0.15) is 11.5 Å². The fourth-order valence-electron chi connectivity index (χ4n) is 4.11. The summed E-state index contributed by atoms with van der Waals surface area (Å²) in [5, 5.41) is 23.1. The highest BCUT2D eigenvalue weighted by molar-refractivity contribution is 5.73. The fourth-order valence-corrected chi connectivity index (χ4v) is 4.11. The number of rotatable bonds is 4. The molecule has 0 bridgehead atoms. The molecule has 1 aliphatic heterocycles. The molecule has 0 amide bonds. The van der Waals surface area contributed by atoms with E-state index in [9.17, 15) is 30.7 Å². The van der Waals surface area contributed by atoms with Crippen LogP contribution in [0.4, 0.5) is 30.7 Å². The summed E-state index contributed by atoms with van der Waals surface area (Å²) in [4.78, 5) is 26.8. The van der Waals surface area contributed by atoms with Crippen LogP contribution in [-0.4, -0.2) is 90.8 Å². The lowest BCUT2D eigenvalue weighted by atomic mass is 10.1. The molecule has 0 aliphatic carbocycles. The van der Waals surface area contributed by atoms with E-state index in [4.69, 9.17) is 19.8 Å². The van der Waals surface area contributed by atoms with Gasteiger partial charge in [0.2, 0.25) is 0 Å². The van der Waals surface area contributed by atoms with Crippen LogP contribution in [0.2, 0.25) is 0 Å². The van der Waals surface area contributed by atoms with Crippen molar-refractivity contribution in [2.24, 2.45) is 0 Å². The molecule has 17 heteroatoms. The molecule has 1 aliphatic rings. The van der Waals surface area contributed by atoms with Crippen molar-refractivity contribution in [2.45, 2.75) is 24.9 Å². The zero-order valence-electron chi connectivity index (χ0n) is 22.8. The topological polar surface area (TPSA) is 124 Å². The summed E-state index contributed by atoms with van der Waals surface area (Å²) in [6.07, 6.45) is -4.52. The zero-order chi connectivity index (χ0) is 32.7. The number of hydrogen-bond acceptors (Lipinski definition) is 7. The van der Waals surface area contributed by atoms with Crippen LogP contribution >= 0.6 is 0 Å². The number of likely N-dealkylation sites (N-methyl/N-ethyl adjacent to an activating group) is 1. The van der Waals surface area contributed by atoms with Gasteiger partial charge < -0.3 is 10.2 Å². The molecule has 1 aromatic carbocycles. The lowest BCUT2D eigenvalue weighted by Gasteiger charge is -2.38.